The van der Waals surface area contributed by atoms with Crippen LogP contribution in [0.3, 0.4) is 0 Å². The van der Waals surface area contributed by atoms with Gasteiger partial charge >= 0.3 is 0 Å². The van der Waals surface area contributed by atoms with Crippen LogP contribution in [0.4, 0.5) is 0 Å². The van der Waals surface area contributed by atoms with Crippen molar-refractivity contribution in [2.24, 2.45) is 5.92 Å². The predicted octanol–water partition coefficient (Wildman–Crippen LogP) is 2.91. The first kappa shape index (κ1) is 10.0. The van der Waals surface area contributed by atoms with E-state index in [1.54, 1.807) is 0 Å². The van der Waals surface area contributed by atoms with Crippen molar-refractivity contribution in [3.8, 4) is 0 Å². The second-order valence-electron chi connectivity index (χ2n) is 4.36. The SMILES string of the molecule is CCCC(C)N1CCC(C)CC1. The van der Waals surface area contributed by atoms with E-state index in [2.05, 4.69) is 25.7 Å². The molecule has 0 radical (unpaired) electrons. The molecule has 12 heavy (non-hydrogen) atoms. The van der Waals surface area contributed by atoms with Crippen LogP contribution in [0.25, 0.3) is 0 Å². The lowest BCUT2D eigenvalue weighted by molar-refractivity contribution is 0.140. The lowest BCUT2D eigenvalue weighted by Crippen LogP contribution is -2.39. The fraction of sp³-hybridized carbons (Fsp3) is 1.00. The highest BCUT2D eigenvalue weighted by Crippen LogP contribution is 2.19. The van der Waals surface area contributed by atoms with Gasteiger partial charge in [0.05, 0.1) is 0 Å². The number of hydrogen-bond donors (Lipinski definition) is 0. The summed E-state index contributed by atoms with van der Waals surface area (Å²) in [6.07, 6.45) is 5.52. The Morgan fingerprint density at radius 1 is 1.33 bits per heavy atom. The molecule has 1 nitrogen and oxygen atoms in total. The van der Waals surface area contributed by atoms with Gasteiger partial charge in [-0.15, -0.1) is 0 Å². The van der Waals surface area contributed by atoms with Gasteiger partial charge in [0.2, 0.25) is 0 Å². The Morgan fingerprint density at radius 3 is 2.42 bits per heavy atom. The average molecular weight is 169 g/mol. The van der Waals surface area contributed by atoms with Gasteiger partial charge in [0.25, 0.3) is 0 Å². The van der Waals surface area contributed by atoms with E-state index in [0.717, 1.165) is 12.0 Å². The first-order valence-electron chi connectivity index (χ1n) is 5.48. The van der Waals surface area contributed by atoms with Crippen LogP contribution in [-0.4, -0.2) is 24.0 Å². The van der Waals surface area contributed by atoms with Gasteiger partial charge in [0.15, 0.2) is 0 Å². The Morgan fingerprint density at radius 2 is 1.92 bits per heavy atom. The maximum Gasteiger partial charge on any atom is 0.00668 e. The van der Waals surface area contributed by atoms with Gasteiger partial charge in [-0.2, -0.15) is 0 Å². The van der Waals surface area contributed by atoms with Crippen molar-refractivity contribution in [1.29, 1.82) is 0 Å². The lowest BCUT2D eigenvalue weighted by atomic mass is 9.97. The van der Waals surface area contributed by atoms with Gasteiger partial charge in [-0.1, -0.05) is 20.3 Å². The summed E-state index contributed by atoms with van der Waals surface area (Å²) in [4.78, 5) is 2.66. The van der Waals surface area contributed by atoms with Gasteiger partial charge in [-0.05, 0) is 45.2 Å². The van der Waals surface area contributed by atoms with Crippen LogP contribution < -0.4 is 0 Å². The van der Waals surface area contributed by atoms with E-state index in [0.29, 0.717) is 0 Å². The molecule has 1 aliphatic rings. The summed E-state index contributed by atoms with van der Waals surface area (Å²) in [5, 5.41) is 0. The van der Waals surface area contributed by atoms with Crippen LogP contribution in [0.2, 0.25) is 0 Å². The Labute approximate surface area is 77.1 Å². The van der Waals surface area contributed by atoms with Crippen LogP contribution in [0.5, 0.6) is 0 Å². The molecule has 1 fully saturated rings. The van der Waals surface area contributed by atoms with Crippen LogP contribution in [-0.2, 0) is 0 Å². The second kappa shape index (κ2) is 4.86. The third-order valence-corrected chi connectivity index (χ3v) is 3.15. The summed E-state index contributed by atoms with van der Waals surface area (Å²) in [6.45, 7) is 9.70. The van der Waals surface area contributed by atoms with Gasteiger partial charge in [-0.3, -0.25) is 0 Å². The molecule has 0 aromatic rings. The van der Waals surface area contributed by atoms with Gasteiger partial charge in [-0.25, -0.2) is 0 Å². The average Bonchev–Trinajstić information content (AvgIpc) is 2.06. The first-order chi connectivity index (χ1) is 5.74. The summed E-state index contributed by atoms with van der Waals surface area (Å²) in [5.74, 6) is 0.968. The molecule has 72 valence electrons. The summed E-state index contributed by atoms with van der Waals surface area (Å²) in [5.41, 5.74) is 0. The highest BCUT2D eigenvalue weighted by Gasteiger charge is 2.19. The Bertz CT molecular complexity index is 114. The zero-order valence-electron chi connectivity index (χ0n) is 8.84. The molecule has 0 aromatic carbocycles. The third kappa shape index (κ3) is 2.78. The molecule has 1 heteroatoms. The molecule has 0 saturated carbocycles. The van der Waals surface area contributed by atoms with E-state index >= 15 is 0 Å². The maximum absolute atomic E-state index is 2.66. The normalized spacial score (nSPS) is 24.2. The summed E-state index contributed by atoms with van der Waals surface area (Å²) in [6, 6.07) is 0.822. The number of likely N-dealkylation sites (tertiary alicyclic amines) is 1. The van der Waals surface area contributed by atoms with E-state index in [9.17, 15) is 0 Å². The van der Waals surface area contributed by atoms with Crippen LogP contribution in [0, 0.1) is 5.92 Å². The topological polar surface area (TPSA) is 3.24 Å². The minimum atomic E-state index is 0.822. The number of piperidine rings is 1. The third-order valence-electron chi connectivity index (χ3n) is 3.15. The predicted molar refractivity (Wildman–Crippen MR) is 54.3 cm³/mol. The molecule has 0 spiro atoms. The first-order valence-corrected chi connectivity index (χ1v) is 5.48. The zero-order chi connectivity index (χ0) is 8.97. The highest BCUT2D eigenvalue weighted by molar-refractivity contribution is 4.73. The van der Waals surface area contributed by atoms with Crippen molar-refractivity contribution < 1.29 is 0 Å². The molecular weight excluding hydrogens is 146 g/mol. The molecule has 1 saturated heterocycles. The van der Waals surface area contributed by atoms with Gasteiger partial charge < -0.3 is 4.90 Å². The molecule has 1 atom stereocenters. The van der Waals surface area contributed by atoms with Crippen molar-refractivity contribution in [3.63, 3.8) is 0 Å². The zero-order valence-corrected chi connectivity index (χ0v) is 8.84. The molecule has 1 heterocycles. The Balaban J connectivity index is 2.24. The van der Waals surface area contributed by atoms with Crippen molar-refractivity contribution in [1.82, 2.24) is 4.90 Å². The molecule has 1 rings (SSSR count). The monoisotopic (exact) mass is 169 g/mol. The molecule has 1 unspecified atom stereocenters. The van der Waals surface area contributed by atoms with Crippen LogP contribution in [0.15, 0.2) is 0 Å². The lowest BCUT2D eigenvalue weighted by Gasteiger charge is -2.34. The minimum absolute atomic E-state index is 0.822. The molecule has 0 amide bonds. The number of nitrogens with zero attached hydrogens (tertiary/aromatic N) is 1. The van der Waals surface area contributed by atoms with E-state index in [1.165, 1.54) is 38.8 Å². The number of rotatable bonds is 3. The van der Waals surface area contributed by atoms with Crippen molar-refractivity contribution in [2.45, 2.75) is 52.5 Å². The van der Waals surface area contributed by atoms with Gasteiger partial charge in [0.1, 0.15) is 0 Å². The van der Waals surface area contributed by atoms with Gasteiger partial charge in [0, 0.05) is 6.04 Å². The molecule has 0 bridgehead atoms. The van der Waals surface area contributed by atoms with Crippen molar-refractivity contribution in [2.75, 3.05) is 13.1 Å². The minimum Gasteiger partial charge on any atom is -0.301 e. The molecule has 0 aromatic heterocycles. The largest absolute Gasteiger partial charge is 0.301 e. The van der Waals surface area contributed by atoms with Crippen molar-refractivity contribution >= 4 is 0 Å². The van der Waals surface area contributed by atoms with E-state index in [1.807, 2.05) is 0 Å². The van der Waals surface area contributed by atoms with Crippen LogP contribution >= 0.6 is 0 Å². The van der Waals surface area contributed by atoms with E-state index in [4.69, 9.17) is 0 Å². The molecular formula is C11H23N. The summed E-state index contributed by atoms with van der Waals surface area (Å²) < 4.78 is 0. The molecule has 1 aliphatic heterocycles. The quantitative estimate of drug-likeness (QED) is 0.628. The smallest absolute Gasteiger partial charge is 0.00668 e. The summed E-state index contributed by atoms with van der Waals surface area (Å²) >= 11 is 0. The molecule has 0 aliphatic carbocycles. The Hall–Kier alpha value is -0.0400. The van der Waals surface area contributed by atoms with Crippen molar-refractivity contribution in [3.05, 3.63) is 0 Å². The molecule has 0 N–H and O–H groups in total. The standard InChI is InChI=1S/C11H23N/c1-4-5-11(3)12-8-6-10(2)7-9-12/h10-11H,4-9H2,1-3H3. The van der Waals surface area contributed by atoms with E-state index < -0.39 is 0 Å². The highest BCUT2D eigenvalue weighted by atomic mass is 15.2. The van der Waals surface area contributed by atoms with Crippen LogP contribution in [0.1, 0.15) is 46.5 Å². The van der Waals surface area contributed by atoms with E-state index in [-0.39, 0.29) is 0 Å². The fourth-order valence-electron chi connectivity index (χ4n) is 2.07. The Kier molecular flexibility index (Phi) is 4.07. The number of hydrogen-bond acceptors (Lipinski definition) is 1. The maximum atomic E-state index is 2.66. The second-order valence-corrected chi connectivity index (χ2v) is 4.36. The fourth-order valence-corrected chi connectivity index (χ4v) is 2.07. The summed E-state index contributed by atoms with van der Waals surface area (Å²) in [7, 11) is 0.